The van der Waals surface area contributed by atoms with Crippen molar-refractivity contribution in [2.75, 3.05) is 6.61 Å². The fourth-order valence-corrected chi connectivity index (χ4v) is 2.47. The number of carbonyl (C=O) groups excluding carboxylic acids is 1. The largest absolute Gasteiger partial charge is 0.457 e. The summed E-state index contributed by atoms with van der Waals surface area (Å²) >= 11 is 3.04. The van der Waals surface area contributed by atoms with Crippen LogP contribution in [-0.4, -0.2) is 21.9 Å². The fraction of sp³-hybridized carbons (Fsp3) is 0.842. The molecule has 0 N–H and O–H groups in total. The Morgan fingerprint density at radius 2 is 1.60 bits per heavy atom. The number of nitrogens with zero attached hydrogens (tertiary/aromatic N) is 1. The average molecular weight is 420 g/mol. The molecular formula is C19H34BrNO4. The zero-order chi connectivity index (χ0) is 19.0. The second-order valence-electron chi connectivity index (χ2n) is 6.46. The molecule has 25 heavy (non-hydrogen) atoms. The summed E-state index contributed by atoms with van der Waals surface area (Å²) in [4.78, 5) is 22.1. The maximum atomic E-state index is 11.6. The van der Waals surface area contributed by atoms with Gasteiger partial charge in [0.1, 0.15) is 0 Å². The number of esters is 1. The maximum absolute atomic E-state index is 11.6. The number of alkyl halides is 1. The van der Waals surface area contributed by atoms with E-state index in [1.807, 2.05) is 0 Å². The summed E-state index contributed by atoms with van der Waals surface area (Å²) < 4.78 is 3.67. The van der Waals surface area contributed by atoms with Crippen LogP contribution in [0.3, 0.4) is 0 Å². The Kier molecular flexibility index (Phi) is 14.8. The van der Waals surface area contributed by atoms with Gasteiger partial charge in [-0.25, -0.2) is 0 Å². The van der Waals surface area contributed by atoms with Crippen molar-refractivity contribution in [2.24, 2.45) is 0 Å². The van der Waals surface area contributed by atoms with Gasteiger partial charge in [-0.2, -0.15) is 0 Å². The van der Waals surface area contributed by atoms with E-state index in [0.717, 1.165) is 25.7 Å². The van der Waals surface area contributed by atoms with Gasteiger partial charge in [-0.15, -0.1) is 0 Å². The van der Waals surface area contributed by atoms with Crippen LogP contribution in [0.1, 0.15) is 90.9 Å². The summed E-state index contributed by atoms with van der Waals surface area (Å²) in [5.41, 5.74) is 0. The summed E-state index contributed by atoms with van der Waals surface area (Å²) in [6, 6.07) is 0. The lowest BCUT2D eigenvalue weighted by Gasteiger charge is -2.16. The highest BCUT2D eigenvalue weighted by Gasteiger charge is 2.39. The van der Waals surface area contributed by atoms with E-state index in [-0.39, 0.29) is 19.0 Å². The van der Waals surface area contributed by atoms with E-state index < -0.39 is 9.37 Å². The molecule has 5 nitrogen and oxygen atoms in total. The first-order chi connectivity index (χ1) is 12.0. The molecule has 0 spiro atoms. The van der Waals surface area contributed by atoms with Gasteiger partial charge in [0.05, 0.1) is 0 Å². The van der Waals surface area contributed by atoms with E-state index in [9.17, 15) is 14.9 Å². The van der Waals surface area contributed by atoms with Gasteiger partial charge < -0.3 is 4.74 Å². The molecule has 0 amide bonds. The second kappa shape index (κ2) is 15.4. The van der Waals surface area contributed by atoms with Crippen LogP contribution in [0, 0.1) is 10.1 Å². The van der Waals surface area contributed by atoms with E-state index in [1.165, 1.54) is 38.5 Å². The molecule has 0 aromatic carbocycles. The third-order valence-corrected chi connectivity index (χ3v) is 5.30. The molecule has 1 atom stereocenters. The van der Waals surface area contributed by atoms with Crippen molar-refractivity contribution in [1.29, 1.82) is 0 Å². The number of carbonyl (C=O) groups is 1. The minimum atomic E-state index is -1.35. The van der Waals surface area contributed by atoms with Crippen LogP contribution in [0.2, 0.25) is 0 Å². The van der Waals surface area contributed by atoms with Gasteiger partial charge in [-0.3, -0.25) is 14.9 Å². The number of ether oxygens (including phenoxy) is 1. The summed E-state index contributed by atoms with van der Waals surface area (Å²) in [7, 11) is 0. The predicted molar refractivity (Wildman–Crippen MR) is 106 cm³/mol. The molecule has 0 aliphatic heterocycles. The van der Waals surface area contributed by atoms with Crippen LogP contribution in [0.15, 0.2) is 12.2 Å². The first-order valence-electron chi connectivity index (χ1n) is 9.60. The van der Waals surface area contributed by atoms with Crippen LogP contribution in [-0.2, 0) is 9.53 Å². The average Bonchev–Trinajstić information content (AvgIpc) is 2.60. The van der Waals surface area contributed by atoms with Crippen molar-refractivity contribution < 1.29 is 14.5 Å². The Morgan fingerprint density at radius 1 is 1.04 bits per heavy atom. The summed E-state index contributed by atoms with van der Waals surface area (Å²) in [5, 5.41) is 10.9. The second-order valence-corrected chi connectivity index (χ2v) is 7.94. The van der Waals surface area contributed by atoms with E-state index in [1.54, 1.807) is 6.92 Å². The highest BCUT2D eigenvalue weighted by atomic mass is 79.9. The zero-order valence-electron chi connectivity index (χ0n) is 15.8. The lowest BCUT2D eigenvalue weighted by atomic mass is 10.1. The van der Waals surface area contributed by atoms with E-state index >= 15 is 0 Å². The SMILES string of the molecule is CCCCCC=CCCCCCCCC(=O)OCC(Br)(CC)[N+](=O)[O-]. The zero-order valence-corrected chi connectivity index (χ0v) is 17.4. The molecule has 0 radical (unpaired) electrons. The van der Waals surface area contributed by atoms with Crippen molar-refractivity contribution in [3.8, 4) is 0 Å². The molecule has 0 rings (SSSR count). The van der Waals surface area contributed by atoms with Gasteiger partial charge in [-0.05, 0) is 32.1 Å². The topological polar surface area (TPSA) is 69.4 Å². The fourth-order valence-electron chi connectivity index (χ4n) is 2.36. The van der Waals surface area contributed by atoms with Crippen LogP contribution in [0.5, 0.6) is 0 Å². The molecule has 0 aromatic heterocycles. The Labute approximate surface area is 160 Å². The van der Waals surface area contributed by atoms with Gasteiger partial charge in [0.15, 0.2) is 6.61 Å². The van der Waals surface area contributed by atoms with Crippen LogP contribution < -0.4 is 0 Å². The van der Waals surface area contributed by atoms with Gasteiger partial charge >= 0.3 is 10.4 Å². The maximum Gasteiger partial charge on any atom is 0.307 e. The molecule has 0 saturated heterocycles. The number of unbranched alkanes of at least 4 members (excludes halogenated alkanes) is 8. The highest BCUT2D eigenvalue weighted by Crippen LogP contribution is 2.23. The van der Waals surface area contributed by atoms with Crippen LogP contribution in [0.4, 0.5) is 0 Å². The number of halogens is 1. The van der Waals surface area contributed by atoms with Crippen molar-refractivity contribution in [3.05, 3.63) is 22.3 Å². The molecule has 0 heterocycles. The van der Waals surface area contributed by atoms with E-state index in [0.29, 0.717) is 6.42 Å². The smallest absolute Gasteiger partial charge is 0.307 e. The third-order valence-electron chi connectivity index (χ3n) is 4.22. The number of hydrogen-bond acceptors (Lipinski definition) is 4. The summed E-state index contributed by atoms with van der Waals surface area (Å²) in [6.45, 7) is 3.68. The van der Waals surface area contributed by atoms with E-state index in [4.69, 9.17) is 4.74 Å². The van der Waals surface area contributed by atoms with Crippen molar-refractivity contribution >= 4 is 21.9 Å². The quantitative estimate of drug-likeness (QED) is 0.0569. The lowest BCUT2D eigenvalue weighted by Crippen LogP contribution is -2.36. The van der Waals surface area contributed by atoms with Gasteiger partial charge in [0.2, 0.25) is 0 Å². The van der Waals surface area contributed by atoms with Crippen LogP contribution >= 0.6 is 15.9 Å². The molecule has 6 heteroatoms. The molecule has 1 unspecified atom stereocenters. The summed E-state index contributed by atoms with van der Waals surface area (Å²) in [6.07, 6.45) is 16.6. The molecule has 0 fully saturated rings. The molecule has 0 bridgehead atoms. The van der Waals surface area contributed by atoms with Gasteiger partial charge in [-0.1, -0.05) is 58.1 Å². The number of nitro groups is 1. The molecule has 146 valence electrons. The van der Waals surface area contributed by atoms with Gasteiger partial charge in [0.25, 0.3) is 0 Å². The Morgan fingerprint density at radius 3 is 2.16 bits per heavy atom. The monoisotopic (exact) mass is 419 g/mol. The Bertz CT molecular complexity index is 401. The van der Waals surface area contributed by atoms with Crippen molar-refractivity contribution in [3.63, 3.8) is 0 Å². The lowest BCUT2D eigenvalue weighted by molar-refractivity contribution is -0.538. The Balaban J connectivity index is 3.53. The predicted octanol–water partition coefficient (Wildman–Crippen LogP) is 6.17. The van der Waals surface area contributed by atoms with Crippen molar-refractivity contribution in [1.82, 2.24) is 0 Å². The first-order valence-corrected chi connectivity index (χ1v) is 10.4. The standard InChI is InChI=1S/C19H34BrNO4/c1-3-5-6-7-8-9-10-11-12-13-14-15-16-18(22)25-17-19(20,4-2)21(23)24/h8-9H,3-7,10-17H2,1-2H3. The summed E-state index contributed by atoms with van der Waals surface area (Å²) in [5.74, 6) is -0.353. The normalized spacial score (nSPS) is 13.7. The molecule has 0 aliphatic carbocycles. The number of allylic oxidation sites excluding steroid dienone is 2. The van der Waals surface area contributed by atoms with E-state index in [2.05, 4.69) is 35.0 Å². The molecule has 0 aromatic rings. The molecular weight excluding hydrogens is 386 g/mol. The first kappa shape index (κ1) is 24.1. The number of rotatable bonds is 16. The third kappa shape index (κ3) is 13.0. The van der Waals surface area contributed by atoms with Crippen molar-refractivity contribution in [2.45, 2.75) is 95.3 Å². The minimum Gasteiger partial charge on any atom is -0.457 e. The highest BCUT2D eigenvalue weighted by molar-refractivity contribution is 9.10. The van der Waals surface area contributed by atoms with Gasteiger partial charge in [0, 0.05) is 33.7 Å². The minimum absolute atomic E-state index is 0.222. The van der Waals surface area contributed by atoms with Crippen LogP contribution in [0.25, 0.3) is 0 Å². The number of hydrogen-bond donors (Lipinski definition) is 0. The molecule has 0 aliphatic rings. The molecule has 0 saturated carbocycles. The Hall–Kier alpha value is -0.910.